The third-order valence-electron chi connectivity index (χ3n) is 10.1. The van der Waals surface area contributed by atoms with Crippen LogP contribution < -0.4 is 0 Å². The second-order valence-corrected chi connectivity index (χ2v) is 14.5. The number of rotatable bonds is 6. The predicted octanol–water partition coefficient (Wildman–Crippen LogP) is 13.7. The number of nitrogens with zero attached hydrogens (tertiary/aromatic N) is 4. The normalized spacial score (nSPS) is 13.6. The minimum atomic E-state index is -0.506. The molecule has 0 aliphatic heterocycles. The van der Waals surface area contributed by atoms with Gasteiger partial charge in [0.1, 0.15) is 0 Å². The Labute approximate surface area is 338 Å². The van der Waals surface area contributed by atoms with E-state index in [9.17, 15) is 2.74 Å². The van der Waals surface area contributed by atoms with Crippen molar-refractivity contribution in [3.63, 3.8) is 0 Å². The largest absolute Gasteiger partial charge is 0.309 e. The van der Waals surface area contributed by atoms with Crippen LogP contribution in [0.1, 0.15) is 11.0 Å². The summed E-state index contributed by atoms with van der Waals surface area (Å²) in [4.78, 5) is 15.5. The number of thiophene rings is 1. The first kappa shape index (κ1) is 25.0. The van der Waals surface area contributed by atoms with Gasteiger partial charge in [-0.15, -0.1) is 11.3 Å². The van der Waals surface area contributed by atoms with Crippen molar-refractivity contribution in [2.75, 3.05) is 0 Å². The highest BCUT2D eigenvalue weighted by Crippen LogP contribution is 2.41. The summed E-state index contributed by atoms with van der Waals surface area (Å²) in [6.45, 7) is 0. The standard InChI is InChI=1S/C51H32N4S/c1-2-15-33(16-3-1)34-17-12-18-35(31-34)36-19-13-20-37(32-36)49-52-50(54-51(53-49)43-26-14-25-41-40-23-7-11-30-47(40)56-48(41)43)42-24-6-10-29-46(42)55-44-27-8-4-21-38(44)39-22-5-9-28-45(39)55/h1-32H/i4D,5D,8D,9D,21D,22D,27D,28D. The minimum absolute atomic E-state index is 0.00966. The predicted molar refractivity (Wildman–Crippen MR) is 234 cm³/mol. The van der Waals surface area contributed by atoms with E-state index in [1.807, 2.05) is 66.7 Å². The Kier molecular flexibility index (Phi) is 5.92. The molecular weight excluding hydrogens is 701 g/mol. The zero-order valence-corrected chi connectivity index (χ0v) is 30.4. The van der Waals surface area contributed by atoms with Crippen molar-refractivity contribution in [1.29, 1.82) is 0 Å². The van der Waals surface area contributed by atoms with Crippen molar-refractivity contribution in [2.24, 2.45) is 0 Å². The van der Waals surface area contributed by atoms with Gasteiger partial charge < -0.3 is 4.57 Å². The molecule has 0 unspecified atom stereocenters. The number of aromatic nitrogens is 4. The van der Waals surface area contributed by atoms with Crippen LogP contribution in [0.25, 0.3) is 104 Å². The molecule has 56 heavy (non-hydrogen) atoms. The molecule has 8 aromatic carbocycles. The van der Waals surface area contributed by atoms with Gasteiger partial charge in [0.2, 0.25) is 0 Å². The summed E-state index contributed by atoms with van der Waals surface area (Å²) in [5.74, 6) is 1.05. The van der Waals surface area contributed by atoms with Crippen molar-refractivity contribution in [3.05, 3.63) is 194 Å². The third-order valence-corrected chi connectivity index (χ3v) is 11.3. The molecule has 0 saturated heterocycles. The first-order chi connectivity index (χ1) is 31.1. The molecule has 0 radical (unpaired) electrons. The summed E-state index contributed by atoms with van der Waals surface area (Å²) in [6.07, 6.45) is 0. The van der Waals surface area contributed by atoms with Gasteiger partial charge in [-0.2, -0.15) is 0 Å². The fourth-order valence-electron chi connectivity index (χ4n) is 7.54. The van der Waals surface area contributed by atoms with Crippen LogP contribution in [0.2, 0.25) is 0 Å². The minimum Gasteiger partial charge on any atom is -0.309 e. The molecule has 0 N–H and O–H groups in total. The summed E-state index contributed by atoms with van der Waals surface area (Å²) >= 11 is 1.65. The Morgan fingerprint density at radius 1 is 0.411 bits per heavy atom. The van der Waals surface area contributed by atoms with E-state index in [0.717, 1.165) is 53.6 Å². The molecule has 0 saturated carbocycles. The van der Waals surface area contributed by atoms with E-state index in [1.165, 1.54) is 4.57 Å². The fraction of sp³-hybridized carbons (Fsp3) is 0. The molecule has 3 aromatic heterocycles. The smallest absolute Gasteiger partial charge is 0.166 e. The van der Waals surface area contributed by atoms with Gasteiger partial charge in [-0.25, -0.2) is 15.0 Å². The summed E-state index contributed by atoms with van der Waals surface area (Å²) in [7, 11) is 0. The second-order valence-electron chi connectivity index (χ2n) is 13.4. The lowest BCUT2D eigenvalue weighted by atomic mass is 9.98. The van der Waals surface area contributed by atoms with Gasteiger partial charge in [0.25, 0.3) is 0 Å². The molecular formula is C51H32N4S. The van der Waals surface area contributed by atoms with Crippen LogP contribution >= 0.6 is 11.3 Å². The molecule has 0 aliphatic carbocycles. The maximum atomic E-state index is 9.17. The number of para-hydroxylation sites is 3. The molecule has 262 valence electrons. The van der Waals surface area contributed by atoms with E-state index < -0.39 is 36.3 Å². The summed E-state index contributed by atoms with van der Waals surface area (Å²) < 4.78 is 74.4. The lowest BCUT2D eigenvalue weighted by Gasteiger charge is -2.15. The lowest BCUT2D eigenvalue weighted by Crippen LogP contribution is -2.03. The van der Waals surface area contributed by atoms with E-state index in [4.69, 9.17) is 23.2 Å². The average molecular weight is 741 g/mol. The van der Waals surface area contributed by atoms with Crippen molar-refractivity contribution in [2.45, 2.75) is 0 Å². The van der Waals surface area contributed by atoms with E-state index in [1.54, 1.807) is 29.5 Å². The van der Waals surface area contributed by atoms with Crippen LogP contribution in [0.5, 0.6) is 0 Å². The van der Waals surface area contributed by atoms with E-state index in [0.29, 0.717) is 22.9 Å². The highest BCUT2D eigenvalue weighted by atomic mass is 32.1. The Morgan fingerprint density at radius 2 is 0.929 bits per heavy atom. The van der Waals surface area contributed by atoms with Gasteiger partial charge in [0.05, 0.1) is 27.7 Å². The maximum absolute atomic E-state index is 9.17. The number of hydrogen-bond donors (Lipinski definition) is 0. The van der Waals surface area contributed by atoms with E-state index in [2.05, 4.69) is 60.7 Å². The summed E-state index contributed by atoms with van der Waals surface area (Å²) in [6, 6.07) is 44.5. The quantitative estimate of drug-likeness (QED) is 0.170. The van der Waals surface area contributed by atoms with Crippen LogP contribution in [-0.2, 0) is 0 Å². The van der Waals surface area contributed by atoms with Gasteiger partial charge in [0, 0.05) is 47.6 Å². The van der Waals surface area contributed by atoms with Crippen molar-refractivity contribution >= 4 is 53.3 Å². The molecule has 4 nitrogen and oxygen atoms in total. The van der Waals surface area contributed by atoms with Crippen LogP contribution in [0.3, 0.4) is 0 Å². The van der Waals surface area contributed by atoms with Crippen molar-refractivity contribution in [1.82, 2.24) is 19.5 Å². The molecule has 3 heterocycles. The highest BCUT2D eigenvalue weighted by molar-refractivity contribution is 7.26. The van der Waals surface area contributed by atoms with Crippen LogP contribution in [0, 0.1) is 0 Å². The molecule has 11 aromatic rings. The van der Waals surface area contributed by atoms with Crippen LogP contribution in [-0.4, -0.2) is 19.5 Å². The Balaban J connectivity index is 1.19. The summed E-state index contributed by atoms with van der Waals surface area (Å²) in [5.41, 5.74) is 6.51. The Bertz CT molecular complexity index is 3660. The fourth-order valence-corrected chi connectivity index (χ4v) is 8.75. The van der Waals surface area contributed by atoms with Crippen LogP contribution in [0.15, 0.2) is 194 Å². The monoisotopic (exact) mass is 740 g/mol. The summed E-state index contributed by atoms with van der Waals surface area (Å²) in [5, 5.41) is 2.17. The van der Waals surface area contributed by atoms with Gasteiger partial charge in [-0.1, -0.05) is 145 Å². The van der Waals surface area contributed by atoms with Crippen LogP contribution in [0.4, 0.5) is 0 Å². The molecule has 0 spiro atoms. The van der Waals surface area contributed by atoms with Gasteiger partial charge >= 0.3 is 0 Å². The number of hydrogen-bond acceptors (Lipinski definition) is 4. The molecule has 0 bridgehead atoms. The highest BCUT2D eigenvalue weighted by Gasteiger charge is 2.20. The Morgan fingerprint density at radius 3 is 1.70 bits per heavy atom. The van der Waals surface area contributed by atoms with Gasteiger partial charge in [-0.3, -0.25) is 0 Å². The topological polar surface area (TPSA) is 43.6 Å². The maximum Gasteiger partial charge on any atom is 0.166 e. The zero-order chi connectivity index (χ0) is 44.0. The van der Waals surface area contributed by atoms with Gasteiger partial charge in [-0.05, 0) is 70.7 Å². The van der Waals surface area contributed by atoms with Crippen molar-refractivity contribution < 1.29 is 11.0 Å². The van der Waals surface area contributed by atoms with E-state index in [-0.39, 0.29) is 39.7 Å². The SMILES string of the molecule is [2H]c1c([2H])c([2H])c2c(c1[2H])c1c([2H])c([2H])c([2H])c([2H])c1n2-c1ccccc1-c1nc(-c2cccc(-c3cccc(-c4ccccc4)c3)c2)nc(-c2cccc3c2sc2ccccc23)n1. The molecule has 11 rings (SSSR count). The first-order valence-corrected chi connectivity index (χ1v) is 18.9. The average Bonchev–Trinajstić information content (AvgIpc) is 3.91. The number of fused-ring (bicyclic) bond motifs is 6. The lowest BCUT2D eigenvalue weighted by molar-refractivity contribution is 1.07. The number of benzene rings is 8. The second kappa shape index (κ2) is 13.3. The molecule has 0 amide bonds. The van der Waals surface area contributed by atoms with E-state index >= 15 is 0 Å². The Hall–Kier alpha value is -7.21. The van der Waals surface area contributed by atoms with Crippen molar-refractivity contribution in [3.8, 4) is 62.1 Å². The first-order valence-electron chi connectivity index (χ1n) is 22.1. The molecule has 0 aliphatic rings. The molecule has 5 heteroatoms. The third kappa shape index (κ3) is 5.40. The van der Waals surface area contributed by atoms with Gasteiger partial charge in [0.15, 0.2) is 17.5 Å². The molecule has 0 fully saturated rings. The zero-order valence-electron chi connectivity index (χ0n) is 37.6. The molecule has 0 atom stereocenters.